The molecule has 0 bridgehead atoms. The number of para-hydroxylation sites is 1. The average Bonchev–Trinajstić information content (AvgIpc) is 2.60. The zero-order valence-corrected chi connectivity index (χ0v) is 11.6. The Morgan fingerprint density at radius 1 is 1.26 bits per heavy atom. The van der Waals surface area contributed by atoms with E-state index < -0.39 is 17.7 Å². The molecule has 1 amide bonds. The summed E-state index contributed by atoms with van der Waals surface area (Å²) in [5.41, 5.74) is 0.991. The van der Waals surface area contributed by atoms with Crippen LogP contribution in [0.1, 0.15) is 29.6 Å². The second-order valence-electron chi connectivity index (χ2n) is 4.27. The van der Waals surface area contributed by atoms with Crippen LogP contribution in [0.2, 0.25) is 0 Å². The Morgan fingerprint density at radius 3 is 2.68 bits per heavy atom. The molecule has 1 aromatic carbocycles. The molecule has 1 aliphatic rings. The minimum Gasteiger partial charge on any atom is -0.481 e. The number of hydrogen-bond acceptors (Lipinski definition) is 3. The Hall–Kier alpha value is -1.69. The minimum atomic E-state index is -0.856. The Balaban J connectivity index is 2.12. The normalized spacial score (nSPS) is 13.8. The van der Waals surface area contributed by atoms with Gasteiger partial charge in [0.25, 0.3) is 11.7 Å². The molecule has 2 rings (SSSR count). The van der Waals surface area contributed by atoms with Crippen LogP contribution in [0.3, 0.4) is 0 Å². The number of hydrogen-bond donors (Lipinski definition) is 1. The maximum Gasteiger partial charge on any atom is 0.303 e. The fourth-order valence-corrected chi connectivity index (χ4v) is 2.65. The molecule has 6 heteroatoms. The Bertz CT molecular complexity index is 556. The smallest absolute Gasteiger partial charge is 0.303 e. The van der Waals surface area contributed by atoms with Crippen LogP contribution < -0.4 is 4.90 Å². The van der Waals surface area contributed by atoms with Crippen molar-refractivity contribution in [3.05, 3.63) is 28.2 Å². The third kappa shape index (κ3) is 2.68. The van der Waals surface area contributed by atoms with Gasteiger partial charge in [0.1, 0.15) is 0 Å². The molecule has 0 radical (unpaired) electrons. The van der Waals surface area contributed by atoms with Crippen molar-refractivity contribution < 1.29 is 19.5 Å². The highest BCUT2D eigenvalue weighted by molar-refractivity contribution is 9.10. The number of carboxylic acid groups (broad SMARTS) is 1. The number of carbonyl (C=O) groups excluding carboxylic acids is 2. The maximum atomic E-state index is 11.9. The van der Waals surface area contributed by atoms with Crippen LogP contribution in [0.5, 0.6) is 0 Å². The van der Waals surface area contributed by atoms with E-state index in [1.165, 1.54) is 4.90 Å². The highest BCUT2D eigenvalue weighted by atomic mass is 79.9. The van der Waals surface area contributed by atoms with Gasteiger partial charge in [-0.1, -0.05) is 6.07 Å². The number of halogens is 1. The first-order chi connectivity index (χ1) is 9.02. The molecule has 0 atom stereocenters. The molecule has 19 heavy (non-hydrogen) atoms. The number of unbranched alkanes of at least 4 members (excludes halogenated alkanes) is 1. The number of fused-ring (bicyclic) bond motifs is 1. The third-order valence-electron chi connectivity index (χ3n) is 2.96. The summed E-state index contributed by atoms with van der Waals surface area (Å²) in [5.74, 6) is -1.91. The first kappa shape index (κ1) is 13.7. The Kier molecular flexibility index (Phi) is 3.99. The molecule has 1 aromatic rings. The predicted octanol–water partition coefficient (Wildman–Crippen LogP) is 2.23. The van der Waals surface area contributed by atoms with Crippen molar-refractivity contribution in [3.63, 3.8) is 0 Å². The van der Waals surface area contributed by atoms with E-state index in [-0.39, 0.29) is 6.42 Å². The average molecular weight is 326 g/mol. The number of carbonyl (C=O) groups is 3. The fraction of sp³-hybridized carbons (Fsp3) is 0.308. The molecule has 0 spiro atoms. The second kappa shape index (κ2) is 5.52. The molecule has 0 aliphatic carbocycles. The number of aliphatic carboxylic acids is 1. The standard InChI is InChI=1S/C13H12BrNO4/c14-9-5-3-4-8-11(9)15(13(19)12(8)18)7-2-1-6-10(16)17/h3-5H,1-2,6-7H2,(H,16,17). The van der Waals surface area contributed by atoms with E-state index in [1.807, 2.05) is 0 Å². The van der Waals surface area contributed by atoms with Crippen molar-refractivity contribution in [1.29, 1.82) is 0 Å². The Morgan fingerprint density at radius 2 is 2.00 bits per heavy atom. The van der Waals surface area contributed by atoms with Crippen molar-refractivity contribution in [3.8, 4) is 0 Å². The van der Waals surface area contributed by atoms with Gasteiger partial charge < -0.3 is 10.0 Å². The topological polar surface area (TPSA) is 74.7 Å². The quantitative estimate of drug-likeness (QED) is 0.665. The van der Waals surface area contributed by atoms with Gasteiger partial charge in [-0.05, 0) is 40.9 Å². The van der Waals surface area contributed by atoms with Crippen LogP contribution in [0.15, 0.2) is 22.7 Å². The summed E-state index contributed by atoms with van der Waals surface area (Å²) in [6.45, 7) is 0.355. The SMILES string of the molecule is O=C(O)CCCCN1C(=O)C(=O)c2cccc(Br)c21. The lowest BCUT2D eigenvalue weighted by molar-refractivity contribution is -0.137. The number of anilines is 1. The lowest BCUT2D eigenvalue weighted by Gasteiger charge is -2.17. The first-order valence-electron chi connectivity index (χ1n) is 5.89. The van der Waals surface area contributed by atoms with Gasteiger partial charge in [0, 0.05) is 17.4 Å². The number of nitrogens with zero attached hydrogens (tertiary/aromatic N) is 1. The van der Waals surface area contributed by atoms with E-state index in [2.05, 4.69) is 15.9 Å². The molecule has 5 nitrogen and oxygen atoms in total. The molecule has 1 aliphatic heterocycles. The van der Waals surface area contributed by atoms with Crippen molar-refractivity contribution in [2.45, 2.75) is 19.3 Å². The van der Waals surface area contributed by atoms with E-state index in [9.17, 15) is 14.4 Å². The molecule has 0 saturated carbocycles. The largest absolute Gasteiger partial charge is 0.481 e. The molecular formula is C13H12BrNO4. The summed E-state index contributed by atoms with van der Waals surface area (Å²) in [7, 11) is 0. The van der Waals surface area contributed by atoms with Crippen LogP contribution >= 0.6 is 15.9 Å². The van der Waals surface area contributed by atoms with Crippen LogP contribution in [0.25, 0.3) is 0 Å². The number of rotatable bonds is 5. The summed E-state index contributed by atoms with van der Waals surface area (Å²) < 4.78 is 0.697. The van der Waals surface area contributed by atoms with Gasteiger partial charge >= 0.3 is 5.97 Å². The summed E-state index contributed by atoms with van der Waals surface area (Å²) in [6, 6.07) is 5.11. The Labute approximate surface area is 118 Å². The van der Waals surface area contributed by atoms with Crippen molar-refractivity contribution in [1.82, 2.24) is 0 Å². The number of Topliss-reactive ketones (excluding diaryl/α,β-unsaturated/α-hetero) is 1. The summed E-state index contributed by atoms with van der Waals surface area (Å²) in [5, 5.41) is 8.56. The van der Waals surface area contributed by atoms with E-state index in [0.717, 1.165) is 0 Å². The lowest BCUT2D eigenvalue weighted by atomic mass is 10.1. The molecule has 0 saturated heterocycles. The first-order valence-corrected chi connectivity index (χ1v) is 6.68. The van der Waals surface area contributed by atoms with Gasteiger partial charge in [-0.15, -0.1) is 0 Å². The number of benzene rings is 1. The lowest BCUT2D eigenvalue weighted by Crippen LogP contribution is -2.30. The minimum absolute atomic E-state index is 0.0682. The van der Waals surface area contributed by atoms with E-state index in [4.69, 9.17) is 5.11 Å². The van der Waals surface area contributed by atoms with Crippen molar-refractivity contribution in [2.75, 3.05) is 11.4 Å². The van der Waals surface area contributed by atoms with Crippen molar-refractivity contribution in [2.24, 2.45) is 0 Å². The molecule has 0 unspecified atom stereocenters. The van der Waals surface area contributed by atoms with Gasteiger partial charge in [0.05, 0.1) is 11.3 Å². The molecule has 100 valence electrons. The third-order valence-corrected chi connectivity index (χ3v) is 3.60. The summed E-state index contributed by atoms with van der Waals surface area (Å²) in [6.07, 6.45) is 1.10. The second-order valence-corrected chi connectivity index (χ2v) is 5.13. The molecule has 1 N–H and O–H groups in total. The van der Waals surface area contributed by atoms with Crippen LogP contribution in [0, 0.1) is 0 Å². The van der Waals surface area contributed by atoms with E-state index in [0.29, 0.717) is 35.1 Å². The summed E-state index contributed by atoms with van der Waals surface area (Å²) >= 11 is 3.33. The highest BCUT2D eigenvalue weighted by Gasteiger charge is 2.36. The van der Waals surface area contributed by atoms with E-state index >= 15 is 0 Å². The van der Waals surface area contributed by atoms with Gasteiger partial charge in [-0.25, -0.2) is 0 Å². The van der Waals surface area contributed by atoms with Crippen LogP contribution in [-0.4, -0.2) is 29.3 Å². The predicted molar refractivity (Wildman–Crippen MR) is 72.3 cm³/mol. The number of carboxylic acids is 1. The van der Waals surface area contributed by atoms with Gasteiger partial charge in [-0.3, -0.25) is 14.4 Å². The zero-order chi connectivity index (χ0) is 14.0. The molecule has 0 aromatic heterocycles. The molecule has 1 heterocycles. The summed E-state index contributed by atoms with van der Waals surface area (Å²) in [4.78, 5) is 35.5. The molecular weight excluding hydrogens is 314 g/mol. The van der Waals surface area contributed by atoms with Crippen LogP contribution in [-0.2, 0) is 9.59 Å². The molecule has 0 fully saturated rings. The van der Waals surface area contributed by atoms with E-state index in [1.54, 1.807) is 18.2 Å². The van der Waals surface area contributed by atoms with Crippen molar-refractivity contribution >= 4 is 39.3 Å². The number of ketones is 1. The van der Waals surface area contributed by atoms with Crippen LogP contribution in [0.4, 0.5) is 5.69 Å². The monoisotopic (exact) mass is 325 g/mol. The van der Waals surface area contributed by atoms with Gasteiger partial charge in [0.15, 0.2) is 0 Å². The fourth-order valence-electron chi connectivity index (χ4n) is 2.07. The number of amides is 1. The maximum absolute atomic E-state index is 11.9. The highest BCUT2D eigenvalue weighted by Crippen LogP contribution is 2.35. The van der Waals surface area contributed by atoms with Gasteiger partial charge in [0.2, 0.25) is 0 Å². The zero-order valence-electron chi connectivity index (χ0n) is 10.1. The van der Waals surface area contributed by atoms with Gasteiger partial charge in [-0.2, -0.15) is 0 Å².